The summed E-state index contributed by atoms with van der Waals surface area (Å²) >= 11 is 3.38. The highest BCUT2D eigenvalue weighted by Crippen LogP contribution is 2.39. The molecule has 2 aromatic rings. The Bertz CT molecular complexity index is 1200. The van der Waals surface area contributed by atoms with Crippen LogP contribution in [0.4, 0.5) is 24.5 Å². The fourth-order valence-electron chi connectivity index (χ4n) is 4.50. The lowest BCUT2D eigenvalue weighted by Crippen LogP contribution is -2.48. The number of amides is 1. The van der Waals surface area contributed by atoms with Gasteiger partial charge in [0.05, 0.1) is 10.5 Å². The molecule has 2 aliphatic rings. The van der Waals surface area contributed by atoms with Crippen molar-refractivity contribution in [2.24, 2.45) is 0 Å². The number of piperazine rings is 1. The summed E-state index contributed by atoms with van der Waals surface area (Å²) in [5.74, 6) is -0.151. The molecule has 0 aromatic heterocycles. The van der Waals surface area contributed by atoms with E-state index in [2.05, 4.69) is 15.9 Å². The number of alkyl halides is 3. The molecule has 1 fully saturated rings. The first-order chi connectivity index (χ1) is 15.4. The Labute approximate surface area is 199 Å². The van der Waals surface area contributed by atoms with Gasteiger partial charge in [0.15, 0.2) is 0 Å². The van der Waals surface area contributed by atoms with Gasteiger partial charge in [-0.3, -0.25) is 4.79 Å². The van der Waals surface area contributed by atoms with Gasteiger partial charge in [0.1, 0.15) is 0 Å². The van der Waals surface area contributed by atoms with Crippen molar-refractivity contribution in [3.8, 4) is 0 Å². The molecule has 11 heteroatoms. The van der Waals surface area contributed by atoms with Crippen LogP contribution in [0.1, 0.15) is 25.0 Å². The minimum Gasteiger partial charge on any atom is -0.369 e. The Morgan fingerprint density at radius 2 is 1.76 bits per heavy atom. The lowest BCUT2D eigenvalue weighted by atomic mass is 10.1. The Hall–Kier alpha value is -2.11. The first-order valence-corrected chi connectivity index (χ1v) is 12.7. The van der Waals surface area contributed by atoms with Gasteiger partial charge in [-0.2, -0.15) is 17.5 Å². The van der Waals surface area contributed by atoms with Crippen molar-refractivity contribution in [1.82, 2.24) is 4.31 Å². The SMILES string of the molecule is CC(=O)N1c2cc(S(=O)(=O)N3CCN(c4cccc(C(F)(F)F)c4)CC3)c(Br)cc2C[C@H]1C. The van der Waals surface area contributed by atoms with E-state index >= 15 is 0 Å². The Kier molecular flexibility index (Phi) is 6.25. The number of anilines is 2. The molecule has 1 amide bonds. The zero-order chi connectivity index (χ0) is 24.1. The van der Waals surface area contributed by atoms with Crippen LogP contribution in [0.25, 0.3) is 0 Å². The third kappa shape index (κ3) is 4.50. The number of benzene rings is 2. The van der Waals surface area contributed by atoms with Crippen LogP contribution < -0.4 is 9.80 Å². The average molecular weight is 546 g/mol. The van der Waals surface area contributed by atoms with Crippen LogP contribution in [0.3, 0.4) is 0 Å². The molecule has 0 aliphatic carbocycles. The van der Waals surface area contributed by atoms with E-state index in [4.69, 9.17) is 0 Å². The molecule has 2 aromatic carbocycles. The monoisotopic (exact) mass is 545 g/mol. The standard InChI is InChI=1S/C22H23BrF3N3O3S/c1-14-10-16-11-19(23)21(13-20(16)29(14)15(2)30)33(31,32)28-8-6-27(7-9-28)18-5-3-4-17(12-18)22(24,25)26/h3-5,11-14H,6-10H2,1-2H3/t14-/m1/s1. The van der Waals surface area contributed by atoms with E-state index in [0.29, 0.717) is 22.3 Å². The highest BCUT2D eigenvalue weighted by atomic mass is 79.9. The summed E-state index contributed by atoms with van der Waals surface area (Å²) in [4.78, 5) is 15.5. The van der Waals surface area contributed by atoms with Gasteiger partial charge in [0.2, 0.25) is 15.9 Å². The van der Waals surface area contributed by atoms with Crippen LogP contribution >= 0.6 is 15.9 Å². The second-order valence-electron chi connectivity index (χ2n) is 8.29. The summed E-state index contributed by atoms with van der Waals surface area (Å²) in [7, 11) is -3.88. The van der Waals surface area contributed by atoms with Crippen LogP contribution in [0.5, 0.6) is 0 Å². The van der Waals surface area contributed by atoms with E-state index in [9.17, 15) is 26.4 Å². The molecule has 178 valence electrons. The molecule has 0 unspecified atom stereocenters. The minimum absolute atomic E-state index is 0.0571. The number of hydrogen-bond donors (Lipinski definition) is 0. The molecule has 0 N–H and O–H groups in total. The molecular weight excluding hydrogens is 523 g/mol. The second-order valence-corrected chi connectivity index (χ2v) is 11.1. The molecule has 1 saturated heterocycles. The van der Waals surface area contributed by atoms with Crippen LogP contribution in [0.15, 0.2) is 45.8 Å². The number of nitrogens with zero attached hydrogens (tertiary/aromatic N) is 3. The van der Waals surface area contributed by atoms with E-state index in [1.54, 1.807) is 28.0 Å². The van der Waals surface area contributed by atoms with E-state index in [-0.39, 0.29) is 43.0 Å². The third-order valence-electron chi connectivity index (χ3n) is 6.08. The number of fused-ring (bicyclic) bond motifs is 1. The van der Waals surface area contributed by atoms with Gasteiger partial charge in [-0.1, -0.05) is 6.07 Å². The van der Waals surface area contributed by atoms with Crippen molar-refractivity contribution in [2.75, 3.05) is 36.0 Å². The van der Waals surface area contributed by atoms with Crippen LogP contribution in [0, 0.1) is 0 Å². The van der Waals surface area contributed by atoms with E-state index in [1.165, 1.54) is 17.3 Å². The van der Waals surface area contributed by atoms with Gasteiger partial charge < -0.3 is 9.80 Å². The predicted octanol–water partition coefficient (Wildman–Crippen LogP) is 4.28. The second kappa shape index (κ2) is 8.59. The molecule has 4 rings (SSSR count). The third-order valence-corrected chi connectivity index (χ3v) is 8.94. The molecule has 0 saturated carbocycles. The maximum atomic E-state index is 13.4. The topological polar surface area (TPSA) is 60.9 Å². The van der Waals surface area contributed by atoms with Gasteiger partial charge in [0.25, 0.3) is 0 Å². The first kappa shape index (κ1) is 24.0. The number of rotatable bonds is 3. The lowest BCUT2D eigenvalue weighted by molar-refractivity contribution is -0.137. The Morgan fingerprint density at radius 3 is 2.36 bits per heavy atom. The van der Waals surface area contributed by atoms with Gasteiger partial charge in [-0.15, -0.1) is 0 Å². The van der Waals surface area contributed by atoms with Crippen LogP contribution in [-0.2, 0) is 27.4 Å². The van der Waals surface area contributed by atoms with E-state index < -0.39 is 21.8 Å². The Balaban J connectivity index is 1.56. The highest BCUT2D eigenvalue weighted by molar-refractivity contribution is 9.10. The van der Waals surface area contributed by atoms with Gasteiger partial charge >= 0.3 is 6.18 Å². The normalized spacial score (nSPS) is 19.6. The van der Waals surface area contributed by atoms with E-state index in [1.807, 2.05) is 6.92 Å². The summed E-state index contributed by atoms with van der Waals surface area (Å²) < 4.78 is 67.7. The summed E-state index contributed by atoms with van der Waals surface area (Å²) in [6, 6.07) is 8.27. The zero-order valence-corrected chi connectivity index (χ0v) is 20.5. The fraction of sp³-hybridized carbons (Fsp3) is 0.409. The molecule has 1 atom stereocenters. The largest absolute Gasteiger partial charge is 0.416 e. The number of carbonyl (C=O) groups is 1. The molecule has 33 heavy (non-hydrogen) atoms. The average Bonchev–Trinajstić information content (AvgIpc) is 3.07. The quantitative estimate of drug-likeness (QED) is 0.577. The van der Waals surface area contributed by atoms with Gasteiger partial charge in [-0.05, 0) is 65.2 Å². The maximum Gasteiger partial charge on any atom is 0.416 e. The maximum absolute atomic E-state index is 13.4. The summed E-state index contributed by atoms with van der Waals surface area (Å²) in [5, 5.41) is 0. The molecule has 0 spiro atoms. The predicted molar refractivity (Wildman–Crippen MR) is 123 cm³/mol. The molecule has 6 nitrogen and oxygen atoms in total. The van der Waals surface area contributed by atoms with Gasteiger partial charge in [-0.25, -0.2) is 8.42 Å². The van der Waals surface area contributed by atoms with Crippen molar-refractivity contribution in [2.45, 2.75) is 37.4 Å². The first-order valence-electron chi connectivity index (χ1n) is 10.4. The van der Waals surface area contributed by atoms with Crippen molar-refractivity contribution in [3.05, 3.63) is 52.0 Å². The molecule has 2 aliphatic heterocycles. The van der Waals surface area contributed by atoms with E-state index in [0.717, 1.165) is 17.7 Å². The summed E-state index contributed by atoms with van der Waals surface area (Å²) in [5.41, 5.74) is 1.17. The zero-order valence-electron chi connectivity index (χ0n) is 18.1. The Morgan fingerprint density at radius 1 is 1.09 bits per heavy atom. The number of carbonyl (C=O) groups excluding carboxylic acids is 1. The number of halogens is 4. The molecule has 2 heterocycles. The number of hydrogen-bond acceptors (Lipinski definition) is 4. The number of sulfonamides is 1. The minimum atomic E-state index is -4.44. The van der Waals surface area contributed by atoms with Crippen molar-refractivity contribution in [1.29, 1.82) is 0 Å². The summed E-state index contributed by atoms with van der Waals surface area (Å²) in [6.45, 7) is 4.16. The molecular formula is C22H23BrF3N3O3S. The van der Waals surface area contributed by atoms with Crippen molar-refractivity contribution < 1.29 is 26.4 Å². The summed E-state index contributed by atoms with van der Waals surface area (Å²) in [6.07, 6.45) is -3.80. The lowest BCUT2D eigenvalue weighted by Gasteiger charge is -2.35. The fourth-order valence-corrected chi connectivity index (χ4v) is 6.99. The van der Waals surface area contributed by atoms with Crippen LogP contribution in [-0.4, -0.2) is 50.9 Å². The molecule has 0 bridgehead atoms. The van der Waals surface area contributed by atoms with Crippen molar-refractivity contribution >= 4 is 43.2 Å². The van der Waals surface area contributed by atoms with Gasteiger partial charge in [0, 0.05) is 55.0 Å². The smallest absolute Gasteiger partial charge is 0.369 e. The van der Waals surface area contributed by atoms with Crippen LogP contribution in [0.2, 0.25) is 0 Å². The highest BCUT2D eigenvalue weighted by Gasteiger charge is 2.36. The van der Waals surface area contributed by atoms with Crippen molar-refractivity contribution in [3.63, 3.8) is 0 Å². The molecule has 0 radical (unpaired) electrons.